The molecule has 0 radical (unpaired) electrons. The largest absolute Gasteiger partial charge is 0.465 e. The highest BCUT2D eigenvalue weighted by Gasteiger charge is 2.21. The smallest absolute Gasteiger partial charge is 0.404 e. The van der Waals surface area contributed by atoms with Crippen LogP contribution in [0.1, 0.15) is 12.8 Å². The van der Waals surface area contributed by atoms with Crippen LogP contribution in [-0.4, -0.2) is 44.9 Å². The van der Waals surface area contributed by atoms with Gasteiger partial charge >= 0.3 is 6.09 Å². The van der Waals surface area contributed by atoms with Gasteiger partial charge in [0.1, 0.15) is 0 Å². The van der Waals surface area contributed by atoms with Crippen LogP contribution in [0.15, 0.2) is 18.3 Å². The maximum Gasteiger partial charge on any atom is 0.404 e. The lowest BCUT2D eigenvalue weighted by Gasteiger charge is -2.33. The van der Waals surface area contributed by atoms with Gasteiger partial charge in [0, 0.05) is 19.1 Å². The number of piperidine rings is 1. The van der Waals surface area contributed by atoms with E-state index < -0.39 is 6.09 Å². The Morgan fingerprint density at radius 3 is 2.85 bits per heavy atom. The molecule has 0 unspecified atom stereocenters. The number of aromatic nitrogens is 3. The third-order valence-corrected chi connectivity index (χ3v) is 3.52. The van der Waals surface area contributed by atoms with Gasteiger partial charge in [-0.15, -0.1) is 5.10 Å². The maximum absolute atomic E-state index is 10.6. The van der Waals surface area contributed by atoms with Crippen molar-refractivity contribution in [1.29, 1.82) is 0 Å². The van der Waals surface area contributed by atoms with Crippen LogP contribution in [0.5, 0.6) is 0 Å². The quantitative estimate of drug-likeness (QED) is 0.739. The van der Waals surface area contributed by atoms with E-state index in [-0.39, 0.29) is 12.0 Å². The molecule has 106 valence electrons. The summed E-state index contributed by atoms with van der Waals surface area (Å²) in [5, 5.41) is 15.3. The van der Waals surface area contributed by atoms with Crippen LogP contribution in [0, 0.1) is 0 Å². The standard InChI is InChI=1S/C12H16N6O2/c13-11-15-10-2-1-9(7-18(10)16-11)17-5-3-8(4-6-17)14-12(19)20/h1-2,7-8,14H,3-6H2,(H2,13,16)(H,19,20). The summed E-state index contributed by atoms with van der Waals surface area (Å²) in [5.74, 6) is 0.256. The first-order valence-electron chi connectivity index (χ1n) is 6.48. The third-order valence-electron chi connectivity index (χ3n) is 3.52. The number of pyridine rings is 1. The highest BCUT2D eigenvalue weighted by atomic mass is 16.4. The topological polar surface area (TPSA) is 109 Å². The first-order valence-corrected chi connectivity index (χ1v) is 6.48. The van der Waals surface area contributed by atoms with E-state index in [2.05, 4.69) is 20.3 Å². The van der Waals surface area contributed by atoms with Crippen molar-refractivity contribution < 1.29 is 9.90 Å². The van der Waals surface area contributed by atoms with Gasteiger partial charge in [0.2, 0.25) is 5.95 Å². The molecular weight excluding hydrogens is 260 g/mol. The zero-order valence-electron chi connectivity index (χ0n) is 10.9. The fourth-order valence-electron chi connectivity index (χ4n) is 2.53. The second-order valence-corrected chi connectivity index (χ2v) is 4.87. The summed E-state index contributed by atoms with van der Waals surface area (Å²) in [6, 6.07) is 3.89. The number of carbonyl (C=O) groups is 1. The van der Waals surface area contributed by atoms with E-state index in [4.69, 9.17) is 10.8 Å². The highest BCUT2D eigenvalue weighted by molar-refractivity contribution is 5.65. The van der Waals surface area contributed by atoms with Crippen LogP contribution in [0.25, 0.3) is 5.65 Å². The maximum atomic E-state index is 10.6. The van der Waals surface area contributed by atoms with Crippen molar-refractivity contribution in [2.24, 2.45) is 0 Å². The second kappa shape index (κ2) is 4.87. The summed E-state index contributed by atoms with van der Waals surface area (Å²) in [4.78, 5) is 16.9. The molecule has 20 heavy (non-hydrogen) atoms. The van der Waals surface area contributed by atoms with Crippen molar-refractivity contribution in [1.82, 2.24) is 19.9 Å². The highest BCUT2D eigenvalue weighted by Crippen LogP contribution is 2.20. The Morgan fingerprint density at radius 1 is 1.40 bits per heavy atom. The zero-order valence-corrected chi connectivity index (χ0v) is 10.9. The molecular formula is C12H16N6O2. The summed E-state index contributed by atoms with van der Waals surface area (Å²) < 4.78 is 1.66. The molecule has 3 rings (SSSR count). The van der Waals surface area contributed by atoms with Crippen LogP contribution < -0.4 is 16.0 Å². The zero-order chi connectivity index (χ0) is 14.1. The SMILES string of the molecule is Nc1nc2ccc(N3CCC(NC(=O)O)CC3)cn2n1. The van der Waals surface area contributed by atoms with Crippen molar-refractivity contribution in [3.8, 4) is 0 Å². The van der Waals surface area contributed by atoms with E-state index in [9.17, 15) is 4.79 Å². The number of rotatable bonds is 2. The predicted octanol–water partition coefficient (Wildman–Crippen LogP) is 0.548. The number of anilines is 2. The summed E-state index contributed by atoms with van der Waals surface area (Å²) in [7, 11) is 0. The minimum atomic E-state index is -0.956. The molecule has 0 spiro atoms. The third kappa shape index (κ3) is 2.44. The number of hydrogen-bond donors (Lipinski definition) is 3. The monoisotopic (exact) mass is 276 g/mol. The molecule has 2 aromatic rings. The number of carboxylic acid groups (broad SMARTS) is 1. The number of nitrogen functional groups attached to an aromatic ring is 1. The van der Waals surface area contributed by atoms with Crippen molar-refractivity contribution in [3.63, 3.8) is 0 Å². The summed E-state index contributed by atoms with van der Waals surface area (Å²) >= 11 is 0. The van der Waals surface area contributed by atoms with Gasteiger partial charge in [-0.2, -0.15) is 4.98 Å². The summed E-state index contributed by atoms with van der Waals surface area (Å²) in [6.07, 6.45) is 2.53. The lowest BCUT2D eigenvalue weighted by atomic mass is 10.0. The number of nitrogens with one attached hydrogen (secondary N) is 1. The van der Waals surface area contributed by atoms with Gasteiger partial charge in [0.05, 0.1) is 11.9 Å². The Labute approximate surface area is 115 Å². The van der Waals surface area contributed by atoms with E-state index in [1.165, 1.54) is 0 Å². The predicted molar refractivity (Wildman–Crippen MR) is 73.8 cm³/mol. The number of nitrogens with two attached hydrogens (primary N) is 1. The van der Waals surface area contributed by atoms with E-state index in [1.54, 1.807) is 4.52 Å². The van der Waals surface area contributed by atoms with Gasteiger partial charge in [0.15, 0.2) is 5.65 Å². The normalized spacial score (nSPS) is 16.5. The molecule has 1 amide bonds. The summed E-state index contributed by atoms with van der Waals surface area (Å²) in [5.41, 5.74) is 7.32. The van der Waals surface area contributed by atoms with Gasteiger partial charge < -0.3 is 21.1 Å². The average Bonchev–Trinajstić information content (AvgIpc) is 2.78. The van der Waals surface area contributed by atoms with Crippen molar-refractivity contribution in [3.05, 3.63) is 18.3 Å². The number of nitrogens with zero attached hydrogens (tertiary/aromatic N) is 4. The molecule has 8 heteroatoms. The van der Waals surface area contributed by atoms with E-state index >= 15 is 0 Å². The molecule has 0 bridgehead atoms. The molecule has 2 aromatic heterocycles. The fourth-order valence-corrected chi connectivity index (χ4v) is 2.53. The Morgan fingerprint density at radius 2 is 2.15 bits per heavy atom. The molecule has 8 nitrogen and oxygen atoms in total. The molecule has 1 saturated heterocycles. The Balaban J connectivity index is 1.71. The van der Waals surface area contributed by atoms with Crippen LogP contribution >= 0.6 is 0 Å². The van der Waals surface area contributed by atoms with Gasteiger partial charge in [0.25, 0.3) is 0 Å². The molecule has 1 aliphatic rings. The van der Waals surface area contributed by atoms with Gasteiger partial charge in [-0.1, -0.05) is 0 Å². The molecule has 0 aromatic carbocycles. The van der Waals surface area contributed by atoms with E-state index in [0.717, 1.165) is 31.6 Å². The molecule has 0 aliphatic carbocycles. The Hall–Kier alpha value is -2.51. The van der Waals surface area contributed by atoms with Crippen LogP contribution in [0.4, 0.5) is 16.4 Å². The molecule has 1 aliphatic heterocycles. The minimum Gasteiger partial charge on any atom is -0.465 e. The van der Waals surface area contributed by atoms with Crippen LogP contribution in [-0.2, 0) is 0 Å². The number of amides is 1. The molecule has 4 N–H and O–H groups in total. The van der Waals surface area contributed by atoms with Crippen molar-refractivity contribution in [2.75, 3.05) is 23.7 Å². The summed E-state index contributed by atoms with van der Waals surface area (Å²) in [6.45, 7) is 1.61. The van der Waals surface area contributed by atoms with Gasteiger partial charge in [-0.25, -0.2) is 9.31 Å². The first kappa shape index (κ1) is 12.5. The molecule has 1 fully saturated rings. The van der Waals surface area contributed by atoms with Gasteiger partial charge in [-0.3, -0.25) is 0 Å². The number of hydrogen-bond acceptors (Lipinski definition) is 5. The lowest BCUT2D eigenvalue weighted by molar-refractivity contribution is 0.187. The van der Waals surface area contributed by atoms with Crippen molar-refractivity contribution >= 4 is 23.4 Å². The Kier molecular flexibility index (Phi) is 3.05. The van der Waals surface area contributed by atoms with Gasteiger partial charge in [-0.05, 0) is 25.0 Å². The molecule has 3 heterocycles. The minimum absolute atomic E-state index is 0.0366. The second-order valence-electron chi connectivity index (χ2n) is 4.87. The van der Waals surface area contributed by atoms with Crippen molar-refractivity contribution in [2.45, 2.75) is 18.9 Å². The van der Waals surface area contributed by atoms with E-state index in [1.807, 2.05) is 18.3 Å². The van der Waals surface area contributed by atoms with E-state index in [0.29, 0.717) is 5.65 Å². The average molecular weight is 276 g/mol. The molecule has 0 atom stereocenters. The van der Waals surface area contributed by atoms with Crippen LogP contribution in [0.3, 0.4) is 0 Å². The lowest BCUT2D eigenvalue weighted by Crippen LogP contribution is -2.44. The first-order chi connectivity index (χ1) is 9.61. The molecule has 0 saturated carbocycles. The fraction of sp³-hybridized carbons (Fsp3) is 0.417. The van der Waals surface area contributed by atoms with Crippen LogP contribution in [0.2, 0.25) is 0 Å². The Bertz CT molecular complexity index is 632. The number of fused-ring (bicyclic) bond motifs is 1.